The van der Waals surface area contributed by atoms with Gasteiger partial charge in [0.2, 0.25) is 0 Å². The first-order valence-electron chi connectivity index (χ1n) is 10.7. The van der Waals surface area contributed by atoms with Crippen LogP contribution in [0.5, 0.6) is 0 Å². The maximum Gasteiger partial charge on any atom is 0.407 e. The number of fused-ring (bicyclic) bond motifs is 1. The molecule has 1 aromatic heterocycles. The summed E-state index contributed by atoms with van der Waals surface area (Å²) in [6.07, 6.45) is -0.900. The van der Waals surface area contributed by atoms with Crippen LogP contribution in [0.15, 0.2) is 45.6 Å². The molecule has 8 heteroatoms. The van der Waals surface area contributed by atoms with E-state index < -0.39 is 11.7 Å². The fourth-order valence-corrected chi connectivity index (χ4v) is 4.39. The van der Waals surface area contributed by atoms with Gasteiger partial charge >= 0.3 is 11.7 Å². The number of benzene rings is 2. The standard InChI is InChI=1S/C25H29FN2O4S/c1-5-33-15-18-8-6-7-17(23(18)26)12-20-21(14-27(2)3)19-10-9-16(13-28(4)25(30)31)11-22(19)32-24(20)29/h6-11H,5,12-15H2,1-4H3,(H,30,31). The first-order valence-corrected chi connectivity index (χ1v) is 11.9. The fraction of sp³-hybridized carbons (Fsp3) is 0.360. The number of thioether (sulfide) groups is 1. The van der Waals surface area contributed by atoms with Gasteiger partial charge in [-0.15, -0.1) is 0 Å². The number of nitrogens with zero attached hydrogens (tertiary/aromatic N) is 2. The van der Waals surface area contributed by atoms with Gasteiger partial charge in [0.25, 0.3) is 0 Å². The van der Waals surface area contributed by atoms with Crippen molar-refractivity contribution >= 4 is 28.8 Å². The lowest BCUT2D eigenvalue weighted by atomic mass is 9.96. The zero-order valence-electron chi connectivity index (χ0n) is 19.4. The smallest absolute Gasteiger partial charge is 0.407 e. The van der Waals surface area contributed by atoms with Crippen LogP contribution in [0.1, 0.15) is 34.7 Å². The zero-order valence-corrected chi connectivity index (χ0v) is 20.2. The maximum atomic E-state index is 15.2. The molecule has 3 aromatic rings. The van der Waals surface area contributed by atoms with E-state index in [1.54, 1.807) is 30.0 Å². The van der Waals surface area contributed by atoms with Crippen molar-refractivity contribution < 1.29 is 18.7 Å². The number of hydrogen-bond donors (Lipinski definition) is 1. The van der Waals surface area contributed by atoms with Crippen LogP contribution in [-0.2, 0) is 25.3 Å². The van der Waals surface area contributed by atoms with Crippen molar-refractivity contribution in [2.75, 3.05) is 26.9 Å². The van der Waals surface area contributed by atoms with E-state index in [0.717, 1.165) is 21.6 Å². The van der Waals surface area contributed by atoms with Gasteiger partial charge in [0.1, 0.15) is 11.4 Å². The van der Waals surface area contributed by atoms with Crippen LogP contribution < -0.4 is 5.63 Å². The van der Waals surface area contributed by atoms with E-state index in [2.05, 4.69) is 0 Å². The largest absolute Gasteiger partial charge is 0.465 e. The summed E-state index contributed by atoms with van der Waals surface area (Å²) >= 11 is 1.65. The van der Waals surface area contributed by atoms with E-state index >= 15 is 4.39 Å². The molecule has 2 aromatic carbocycles. The third kappa shape index (κ3) is 5.94. The Kier molecular flexibility index (Phi) is 8.15. The van der Waals surface area contributed by atoms with Crippen molar-refractivity contribution in [1.82, 2.24) is 9.80 Å². The first kappa shape index (κ1) is 24.8. The van der Waals surface area contributed by atoms with E-state index in [-0.39, 0.29) is 18.8 Å². The Morgan fingerprint density at radius 2 is 1.82 bits per heavy atom. The topological polar surface area (TPSA) is 74.0 Å². The molecule has 0 atom stereocenters. The van der Waals surface area contributed by atoms with Crippen LogP contribution in [-0.4, -0.2) is 47.9 Å². The maximum absolute atomic E-state index is 15.2. The second-order valence-corrected chi connectivity index (χ2v) is 9.53. The SMILES string of the molecule is CCSCc1cccc(Cc2c(CN(C)C)c3ccc(CN(C)C(=O)O)cc3oc2=O)c1F. The van der Waals surface area contributed by atoms with Crippen LogP contribution >= 0.6 is 11.8 Å². The molecule has 6 nitrogen and oxygen atoms in total. The van der Waals surface area contributed by atoms with Crippen molar-refractivity contribution in [2.45, 2.75) is 32.2 Å². The molecule has 1 heterocycles. The van der Waals surface area contributed by atoms with Gasteiger partial charge in [-0.2, -0.15) is 11.8 Å². The molecule has 33 heavy (non-hydrogen) atoms. The Morgan fingerprint density at radius 1 is 1.09 bits per heavy atom. The van der Waals surface area contributed by atoms with Crippen molar-refractivity contribution in [2.24, 2.45) is 0 Å². The minimum Gasteiger partial charge on any atom is -0.465 e. The Labute approximate surface area is 197 Å². The highest BCUT2D eigenvalue weighted by Crippen LogP contribution is 2.26. The Hall–Kier alpha value is -2.84. The molecule has 0 aliphatic heterocycles. The summed E-state index contributed by atoms with van der Waals surface area (Å²) in [4.78, 5) is 27.3. The van der Waals surface area contributed by atoms with Crippen molar-refractivity contribution in [1.29, 1.82) is 0 Å². The molecule has 0 radical (unpaired) electrons. The third-order valence-electron chi connectivity index (χ3n) is 5.39. The van der Waals surface area contributed by atoms with Crippen LogP contribution in [0.25, 0.3) is 11.0 Å². The normalized spacial score (nSPS) is 11.3. The predicted molar refractivity (Wildman–Crippen MR) is 130 cm³/mol. The van der Waals surface area contributed by atoms with Crippen molar-refractivity contribution in [3.05, 3.63) is 80.5 Å². The molecular weight excluding hydrogens is 443 g/mol. The zero-order chi connectivity index (χ0) is 24.1. The number of hydrogen-bond acceptors (Lipinski definition) is 5. The highest BCUT2D eigenvalue weighted by Gasteiger charge is 2.19. The van der Waals surface area contributed by atoms with Gasteiger partial charge in [-0.1, -0.05) is 37.3 Å². The average Bonchev–Trinajstić information content (AvgIpc) is 2.75. The summed E-state index contributed by atoms with van der Waals surface area (Å²) in [6, 6.07) is 10.7. The predicted octanol–water partition coefficient (Wildman–Crippen LogP) is 4.95. The summed E-state index contributed by atoms with van der Waals surface area (Å²) in [5.41, 5.74) is 2.93. The molecule has 0 saturated carbocycles. The number of amides is 1. The molecule has 0 aliphatic rings. The lowest BCUT2D eigenvalue weighted by Crippen LogP contribution is -2.24. The Balaban J connectivity index is 2.07. The highest BCUT2D eigenvalue weighted by atomic mass is 32.2. The van der Waals surface area contributed by atoms with Crippen molar-refractivity contribution in [3.63, 3.8) is 0 Å². The number of carboxylic acid groups (broad SMARTS) is 1. The molecule has 0 aliphatic carbocycles. The molecular formula is C25H29FN2O4S. The summed E-state index contributed by atoms with van der Waals surface area (Å²) in [5.74, 6) is 1.20. The Morgan fingerprint density at radius 3 is 2.48 bits per heavy atom. The quantitative estimate of drug-likeness (QED) is 0.445. The van der Waals surface area contributed by atoms with Gasteiger partial charge in [-0.25, -0.2) is 14.0 Å². The van der Waals surface area contributed by atoms with Crippen LogP contribution in [0.4, 0.5) is 9.18 Å². The van der Waals surface area contributed by atoms with Crippen LogP contribution in [0, 0.1) is 5.82 Å². The monoisotopic (exact) mass is 472 g/mol. The van der Waals surface area contributed by atoms with E-state index in [1.165, 1.54) is 7.05 Å². The minimum absolute atomic E-state index is 0.140. The number of rotatable bonds is 9. The molecule has 1 N–H and O–H groups in total. The second kappa shape index (κ2) is 10.9. The highest BCUT2D eigenvalue weighted by molar-refractivity contribution is 7.98. The minimum atomic E-state index is -1.04. The van der Waals surface area contributed by atoms with Gasteiger partial charge in [0.15, 0.2) is 0 Å². The van der Waals surface area contributed by atoms with E-state index in [0.29, 0.717) is 40.1 Å². The summed E-state index contributed by atoms with van der Waals surface area (Å²) < 4.78 is 20.8. The molecule has 0 fully saturated rings. The van der Waals surface area contributed by atoms with Crippen LogP contribution in [0.3, 0.4) is 0 Å². The number of halogens is 1. The van der Waals surface area contributed by atoms with Gasteiger partial charge in [0, 0.05) is 43.3 Å². The lowest BCUT2D eigenvalue weighted by molar-refractivity contribution is 0.153. The third-order valence-corrected chi connectivity index (χ3v) is 6.32. The van der Waals surface area contributed by atoms with Crippen molar-refractivity contribution in [3.8, 4) is 0 Å². The molecule has 0 bridgehead atoms. The number of carbonyl (C=O) groups is 1. The molecule has 176 valence electrons. The summed E-state index contributed by atoms with van der Waals surface area (Å²) in [6.45, 7) is 2.69. The second-order valence-electron chi connectivity index (χ2n) is 8.26. The van der Waals surface area contributed by atoms with Gasteiger partial charge in [0.05, 0.1) is 0 Å². The first-order chi connectivity index (χ1) is 15.7. The van der Waals surface area contributed by atoms with E-state index in [4.69, 9.17) is 9.52 Å². The van der Waals surface area contributed by atoms with E-state index in [9.17, 15) is 9.59 Å². The van der Waals surface area contributed by atoms with Gasteiger partial charge in [-0.3, -0.25) is 0 Å². The van der Waals surface area contributed by atoms with Gasteiger partial charge in [-0.05, 0) is 48.2 Å². The molecule has 0 spiro atoms. The molecule has 0 unspecified atom stereocenters. The molecule has 1 amide bonds. The average molecular weight is 473 g/mol. The summed E-state index contributed by atoms with van der Waals surface area (Å²) in [7, 11) is 5.29. The van der Waals surface area contributed by atoms with Gasteiger partial charge < -0.3 is 19.3 Å². The lowest BCUT2D eigenvalue weighted by Gasteiger charge is -2.18. The fourth-order valence-electron chi connectivity index (χ4n) is 3.75. The molecule has 3 rings (SSSR count). The summed E-state index contributed by atoms with van der Waals surface area (Å²) in [5, 5.41) is 9.89. The van der Waals surface area contributed by atoms with Crippen LogP contribution in [0.2, 0.25) is 0 Å². The molecule has 0 saturated heterocycles. The van der Waals surface area contributed by atoms with E-state index in [1.807, 2.05) is 44.1 Å². The Bertz CT molecular complexity index is 1210.